The van der Waals surface area contributed by atoms with Crippen LogP contribution in [0.15, 0.2) is 65.8 Å². The van der Waals surface area contributed by atoms with Crippen LogP contribution in [0.1, 0.15) is 28.4 Å². The van der Waals surface area contributed by atoms with Crippen LogP contribution in [-0.4, -0.2) is 32.9 Å². The number of hydrogen-bond donors (Lipinski definition) is 1. The SMILES string of the molecule is CCOc1cc(C(=O)N/N=C/c2ccc(OCc3ccccc3Cl)c(OC)c2)ccc1OC. The molecule has 0 heterocycles. The molecule has 0 saturated heterocycles. The fourth-order valence-corrected chi connectivity index (χ4v) is 3.16. The molecule has 1 N–H and O–H groups in total. The van der Waals surface area contributed by atoms with Gasteiger partial charge in [0, 0.05) is 16.1 Å². The molecule has 0 aliphatic rings. The van der Waals surface area contributed by atoms with Crippen LogP contribution >= 0.6 is 11.6 Å². The van der Waals surface area contributed by atoms with Crippen LogP contribution in [0.25, 0.3) is 0 Å². The van der Waals surface area contributed by atoms with Gasteiger partial charge in [-0.3, -0.25) is 4.79 Å². The van der Waals surface area contributed by atoms with Gasteiger partial charge < -0.3 is 18.9 Å². The second kappa shape index (κ2) is 11.8. The molecule has 0 bridgehead atoms. The Morgan fingerprint density at radius 2 is 1.70 bits per heavy atom. The second-order valence-corrected chi connectivity index (χ2v) is 7.20. The Labute approximate surface area is 197 Å². The average molecular weight is 469 g/mol. The topological polar surface area (TPSA) is 78.4 Å². The first-order valence-corrected chi connectivity index (χ1v) is 10.6. The first-order chi connectivity index (χ1) is 16.0. The maximum absolute atomic E-state index is 12.4. The molecule has 0 spiro atoms. The molecule has 1 amide bonds. The number of methoxy groups -OCH3 is 2. The van der Waals surface area contributed by atoms with Gasteiger partial charge in [0.2, 0.25) is 0 Å². The van der Waals surface area contributed by atoms with Gasteiger partial charge in [-0.1, -0.05) is 29.8 Å². The van der Waals surface area contributed by atoms with Gasteiger partial charge in [0.15, 0.2) is 23.0 Å². The summed E-state index contributed by atoms with van der Waals surface area (Å²) in [6.45, 7) is 2.63. The van der Waals surface area contributed by atoms with E-state index in [0.29, 0.717) is 46.8 Å². The molecule has 0 aromatic heterocycles. The van der Waals surface area contributed by atoms with Gasteiger partial charge in [-0.25, -0.2) is 5.43 Å². The maximum Gasteiger partial charge on any atom is 0.271 e. The molecule has 0 aliphatic carbocycles. The first-order valence-electron chi connectivity index (χ1n) is 10.2. The highest BCUT2D eigenvalue weighted by Gasteiger charge is 2.11. The summed E-state index contributed by atoms with van der Waals surface area (Å²) in [5.41, 5.74) is 4.51. The van der Waals surface area contributed by atoms with Gasteiger partial charge in [0.05, 0.1) is 27.0 Å². The van der Waals surface area contributed by atoms with E-state index < -0.39 is 0 Å². The van der Waals surface area contributed by atoms with E-state index in [1.165, 1.54) is 6.21 Å². The Morgan fingerprint density at radius 3 is 2.42 bits per heavy atom. The lowest BCUT2D eigenvalue weighted by molar-refractivity contribution is 0.0954. The lowest BCUT2D eigenvalue weighted by Crippen LogP contribution is -2.17. The van der Waals surface area contributed by atoms with Crippen molar-refractivity contribution in [3.8, 4) is 23.0 Å². The minimum absolute atomic E-state index is 0.311. The summed E-state index contributed by atoms with van der Waals surface area (Å²) < 4.78 is 22.0. The first kappa shape index (κ1) is 23.9. The van der Waals surface area contributed by atoms with E-state index in [2.05, 4.69) is 10.5 Å². The van der Waals surface area contributed by atoms with Gasteiger partial charge in [-0.15, -0.1) is 0 Å². The highest BCUT2D eigenvalue weighted by molar-refractivity contribution is 6.31. The number of rotatable bonds is 10. The Kier molecular flexibility index (Phi) is 8.55. The van der Waals surface area contributed by atoms with Gasteiger partial charge in [0.25, 0.3) is 5.91 Å². The third-order valence-corrected chi connectivity index (χ3v) is 5.00. The van der Waals surface area contributed by atoms with Crippen molar-refractivity contribution in [2.24, 2.45) is 5.10 Å². The molecule has 0 aliphatic heterocycles. The van der Waals surface area contributed by atoms with E-state index in [0.717, 1.165) is 11.1 Å². The lowest BCUT2D eigenvalue weighted by Gasteiger charge is -2.12. The number of ether oxygens (including phenoxy) is 4. The third-order valence-electron chi connectivity index (χ3n) is 4.63. The molecule has 3 aromatic rings. The number of amides is 1. The monoisotopic (exact) mass is 468 g/mol. The van der Waals surface area contributed by atoms with Crippen molar-refractivity contribution in [1.29, 1.82) is 0 Å². The Hall–Kier alpha value is -3.71. The van der Waals surface area contributed by atoms with Crippen LogP contribution in [0.5, 0.6) is 23.0 Å². The highest BCUT2D eigenvalue weighted by atomic mass is 35.5. The predicted octanol–water partition coefficient (Wildman–Crippen LogP) is 5.10. The van der Waals surface area contributed by atoms with Gasteiger partial charge in [-0.2, -0.15) is 5.10 Å². The quantitative estimate of drug-likeness (QED) is 0.331. The lowest BCUT2D eigenvalue weighted by atomic mass is 10.2. The summed E-state index contributed by atoms with van der Waals surface area (Å²) in [7, 11) is 3.10. The van der Waals surface area contributed by atoms with E-state index in [1.807, 2.05) is 31.2 Å². The summed E-state index contributed by atoms with van der Waals surface area (Å²) in [6.07, 6.45) is 1.52. The number of carbonyl (C=O) groups excluding carboxylic acids is 1. The normalized spacial score (nSPS) is 10.7. The number of hydrazone groups is 1. The molecule has 0 saturated carbocycles. The van der Waals surface area contributed by atoms with E-state index in [-0.39, 0.29) is 5.91 Å². The van der Waals surface area contributed by atoms with E-state index in [1.54, 1.807) is 50.6 Å². The number of nitrogens with one attached hydrogen (secondary N) is 1. The zero-order valence-corrected chi connectivity index (χ0v) is 19.4. The van der Waals surface area contributed by atoms with Crippen molar-refractivity contribution >= 4 is 23.7 Å². The largest absolute Gasteiger partial charge is 0.493 e. The minimum atomic E-state index is -0.374. The number of benzene rings is 3. The van der Waals surface area contributed by atoms with Crippen LogP contribution in [0.2, 0.25) is 5.02 Å². The van der Waals surface area contributed by atoms with Crippen LogP contribution in [0.3, 0.4) is 0 Å². The van der Waals surface area contributed by atoms with E-state index in [4.69, 9.17) is 30.5 Å². The van der Waals surface area contributed by atoms with Crippen molar-refractivity contribution < 1.29 is 23.7 Å². The molecule has 3 rings (SSSR count). The summed E-state index contributed by atoms with van der Waals surface area (Å²) in [4.78, 5) is 12.4. The Balaban J connectivity index is 1.64. The predicted molar refractivity (Wildman–Crippen MR) is 128 cm³/mol. The number of carbonyl (C=O) groups is 1. The molecule has 172 valence electrons. The van der Waals surface area contributed by atoms with Crippen molar-refractivity contribution in [3.63, 3.8) is 0 Å². The van der Waals surface area contributed by atoms with Crippen molar-refractivity contribution in [2.45, 2.75) is 13.5 Å². The van der Waals surface area contributed by atoms with Gasteiger partial charge in [0.1, 0.15) is 6.61 Å². The van der Waals surface area contributed by atoms with Crippen LogP contribution in [0, 0.1) is 0 Å². The summed E-state index contributed by atoms with van der Waals surface area (Å²) in [5.74, 6) is 1.78. The molecule has 0 radical (unpaired) electrons. The summed E-state index contributed by atoms with van der Waals surface area (Å²) >= 11 is 6.18. The van der Waals surface area contributed by atoms with E-state index >= 15 is 0 Å². The standard InChI is InChI=1S/C25H25ClN2O5/c1-4-32-24-14-18(10-12-21(24)30-2)25(29)28-27-15-17-9-11-22(23(13-17)31-3)33-16-19-7-5-6-8-20(19)26/h5-15H,4,16H2,1-3H3,(H,28,29)/b27-15+. The summed E-state index contributed by atoms with van der Waals surface area (Å²) in [5, 5.41) is 4.68. The molecular weight excluding hydrogens is 444 g/mol. The number of hydrogen-bond acceptors (Lipinski definition) is 6. The zero-order valence-electron chi connectivity index (χ0n) is 18.6. The molecular formula is C25H25ClN2O5. The van der Waals surface area contributed by atoms with Crippen LogP contribution < -0.4 is 24.4 Å². The number of halogens is 1. The Bertz CT molecular complexity index is 1130. The average Bonchev–Trinajstić information content (AvgIpc) is 2.84. The minimum Gasteiger partial charge on any atom is -0.493 e. The van der Waals surface area contributed by atoms with Crippen LogP contribution in [0.4, 0.5) is 0 Å². The molecule has 0 unspecified atom stereocenters. The van der Waals surface area contributed by atoms with Gasteiger partial charge >= 0.3 is 0 Å². The third kappa shape index (κ3) is 6.40. The molecule has 0 atom stereocenters. The van der Waals surface area contributed by atoms with Crippen molar-refractivity contribution in [2.75, 3.05) is 20.8 Å². The van der Waals surface area contributed by atoms with E-state index in [9.17, 15) is 4.79 Å². The fourth-order valence-electron chi connectivity index (χ4n) is 2.97. The zero-order chi connectivity index (χ0) is 23.6. The fraction of sp³-hybridized carbons (Fsp3) is 0.200. The van der Waals surface area contributed by atoms with Gasteiger partial charge in [-0.05, 0) is 55.0 Å². The molecule has 7 nitrogen and oxygen atoms in total. The summed E-state index contributed by atoms with van der Waals surface area (Å²) in [6, 6.07) is 17.8. The molecule has 8 heteroatoms. The Morgan fingerprint density at radius 1 is 0.939 bits per heavy atom. The highest BCUT2D eigenvalue weighted by Crippen LogP contribution is 2.30. The second-order valence-electron chi connectivity index (χ2n) is 6.79. The molecule has 3 aromatic carbocycles. The molecule has 0 fully saturated rings. The van der Waals surface area contributed by atoms with Crippen LogP contribution in [-0.2, 0) is 6.61 Å². The number of nitrogens with zero attached hydrogens (tertiary/aromatic N) is 1. The maximum atomic E-state index is 12.4. The van der Waals surface area contributed by atoms with Crippen molar-refractivity contribution in [3.05, 3.63) is 82.4 Å². The molecule has 33 heavy (non-hydrogen) atoms. The smallest absolute Gasteiger partial charge is 0.271 e. The van der Waals surface area contributed by atoms with Crippen molar-refractivity contribution in [1.82, 2.24) is 5.43 Å².